The fourth-order valence-corrected chi connectivity index (χ4v) is 3.16. The molecule has 24 heavy (non-hydrogen) atoms. The molecule has 2 aromatic rings. The Balaban J connectivity index is 1.69. The molecule has 2 heterocycles. The average molecular weight is 323 g/mol. The number of benzene rings is 1. The summed E-state index contributed by atoms with van der Waals surface area (Å²) in [5.41, 5.74) is 2.66. The van der Waals surface area contributed by atoms with E-state index in [9.17, 15) is 4.79 Å². The van der Waals surface area contributed by atoms with Crippen LogP contribution in [0.5, 0.6) is 0 Å². The van der Waals surface area contributed by atoms with E-state index in [4.69, 9.17) is 5.26 Å². The van der Waals surface area contributed by atoms with Crippen LogP contribution in [-0.4, -0.2) is 27.7 Å². The number of likely N-dealkylation sites (tertiary alicyclic amines) is 1. The molecule has 1 aliphatic heterocycles. The quantitative estimate of drug-likeness (QED) is 0.909. The number of carbonyl (C=O) groups is 1. The van der Waals surface area contributed by atoms with Crippen LogP contribution in [0.25, 0.3) is 0 Å². The molecule has 124 valence electrons. The van der Waals surface area contributed by atoms with E-state index >= 15 is 0 Å². The number of nitrogens with one attached hydrogen (secondary N) is 2. The molecular formula is C18H21N5O. The largest absolute Gasteiger partial charge is 0.331 e. The molecule has 1 fully saturated rings. The number of carbonyl (C=O) groups excluding carboxylic acids is 1. The first kappa shape index (κ1) is 16.1. The van der Waals surface area contributed by atoms with Crippen molar-refractivity contribution < 1.29 is 4.79 Å². The van der Waals surface area contributed by atoms with Crippen LogP contribution in [0.3, 0.4) is 0 Å². The number of rotatable bonds is 3. The van der Waals surface area contributed by atoms with E-state index in [1.807, 2.05) is 30.2 Å². The molecular weight excluding hydrogens is 302 g/mol. The van der Waals surface area contributed by atoms with Crippen LogP contribution < -0.4 is 5.32 Å². The number of urea groups is 1. The summed E-state index contributed by atoms with van der Waals surface area (Å²) in [6.07, 6.45) is 6.75. The predicted octanol–water partition coefficient (Wildman–Crippen LogP) is 3.28. The lowest BCUT2D eigenvalue weighted by molar-refractivity contribution is 0.149. The zero-order chi connectivity index (χ0) is 16.9. The Hall–Kier alpha value is -2.81. The second-order valence-corrected chi connectivity index (χ2v) is 6.14. The predicted molar refractivity (Wildman–Crippen MR) is 90.0 cm³/mol. The van der Waals surface area contributed by atoms with Gasteiger partial charge in [-0.15, -0.1) is 0 Å². The van der Waals surface area contributed by atoms with Gasteiger partial charge >= 0.3 is 6.03 Å². The summed E-state index contributed by atoms with van der Waals surface area (Å²) in [5, 5.41) is 18.8. The number of aromatic amines is 1. The molecule has 3 rings (SSSR count). The van der Waals surface area contributed by atoms with E-state index in [-0.39, 0.29) is 18.1 Å². The summed E-state index contributed by atoms with van der Waals surface area (Å²) >= 11 is 0. The number of H-pyrrole nitrogens is 1. The number of hydrogen-bond acceptors (Lipinski definition) is 3. The number of aromatic nitrogens is 2. The first-order valence-electron chi connectivity index (χ1n) is 8.25. The topological polar surface area (TPSA) is 84.8 Å². The molecule has 2 amide bonds. The number of piperidine rings is 1. The standard InChI is InChI=1S/C18H21N5O/c1-13(15-7-5-14(10-19)6-8-15)22-18(24)23-9-3-2-4-17(23)16-11-20-21-12-16/h5-8,11-13,17H,2-4,9H2,1H3,(H,20,21)(H,22,24)/t13-,17-/m1/s1. The van der Waals surface area contributed by atoms with Gasteiger partial charge < -0.3 is 10.2 Å². The minimum Gasteiger partial charge on any atom is -0.331 e. The summed E-state index contributed by atoms with van der Waals surface area (Å²) in [4.78, 5) is 14.6. The van der Waals surface area contributed by atoms with Crippen molar-refractivity contribution in [1.82, 2.24) is 20.4 Å². The Labute approximate surface area is 141 Å². The van der Waals surface area contributed by atoms with E-state index in [1.165, 1.54) is 0 Å². The lowest BCUT2D eigenvalue weighted by Gasteiger charge is -2.36. The second kappa shape index (κ2) is 7.18. The summed E-state index contributed by atoms with van der Waals surface area (Å²) < 4.78 is 0. The Morgan fingerprint density at radius 1 is 1.42 bits per heavy atom. The highest BCUT2D eigenvalue weighted by atomic mass is 16.2. The Morgan fingerprint density at radius 2 is 2.21 bits per heavy atom. The monoisotopic (exact) mass is 323 g/mol. The summed E-state index contributed by atoms with van der Waals surface area (Å²) in [6, 6.07) is 9.31. The molecule has 1 aromatic heterocycles. The molecule has 2 atom stereocenters. The first-order chi connectivity index (χ1) is 11.7. The molecule has 0 spiro atoms. The van der Waals surface area contributed by atoms with Gasteiger partial charge in [-0.1, -0.05) is 12.1 Å². The van der Waals surface area contributed by atoms with Crippen molar-refractivity contribution in [2.75, 3.05) is 6.54 Å². The minimum atomic E-state index is -0.114. The highest BCUT2D eigenvalue weighted by Crippen LogP contribution is 2.30. The maximum Gasteiger partial charge on any atom is 0.318 e. The van der Waals surface area contributed by atoms with Gasteiger partial charge in [-0.3, -0.25) is 5.10 Å². The van der Waals surface area contributed by atoms with Gasteiger partial charge in [0.15, 0.2) is 0 Å². The van der Waals surface area contributed by atoms with Crippen molar-refractivity contribution in [2.24, 2.45) is 0 Å². The van der Waals surface area contributed by atoms with Gasteiger partial charge in [0.2, 0.25) is 0 Å². The van der Waals surface area contributed by atoms with Crippen molar-refractivity contribution in [3.05, 3.63) is 53.3 Å². The summed E-state index contributed by atoms with van der Waals surface area (Å²) in [6.45, 7) is 2.71. The second-order valence-electron chi connectivity index (χ2n) is 6.14. The van der Waals surface area contributed by atoms with Gasteiger partial charge in [-0.25, -0.2) is 4.79 Å². The first-order valence-corrected chi connectivity index (χ1v) is 8.25. The Kier molecular flexibility index (Phi) is 4.80. The minimum absolute atomic E-state index is 0.0576. The number of hydrogen-bond donors (Lipinski definition) is 2. The molecule has 0 unspecified atom stereocenters. The Morgan fingerprint density at radius 3 is 2.88 bits per heavy atom. The van der Waals surface area contributed by atoms with Crippen molar-refractivity contribution >= 4 is 6.03 Å². The maximum atomic E-state index is 12.7. The molecule has 0 saturated carbocycles. The molecule has 0 aliphatic carbocycles. The third-order valence-corrected chi connectivity index (χ3v) is 4.55. The summed E-state index contributed by atoms with van der Waals surface area (Å²) in [7, 11) is 0. The molecule has 1 saturated heterocycles. The fourth-order valence-electron chi connectivity index (χ4n) is 3.16. The molecule has 6 nitrogen and oxygen atoms in total. The smallest absolute Gasteiger partial charge is 0.318 e. The number of nitriles is 1. The Bertz CT molecular complexity index is 717. The van der Waals surface area contributed by atoms with Crippen molar-refractivity contribution in [2.45, 2.75) is 38.3 Å². The lowest BCUT2D eigenvalue weighted by Crippen LogP contribution is -2.45. The maximum absolute atomic E-state index is 12.7. The molecule has 6 heteroatoms. The molecule has 0 radical (unpaired) electrons. The molecule has 1 aliphatic rings. The van der Waals surface area contributed by atoms with Crippen LogP contribution in [0.15, 0.2) is 36.7 Å². The molecule has 0 bridgehead atoms. The lowest BCUT2D eigenvalue weighted by atomic mass is 9.98. The van der Waals surface area contributed by atoms with E-state index in [0.29, 0.717) is 5.56 Å². The third kappa shape index (κ3) is 3.40. The van der Waals surface area contributed by atoms with Gasteiger partial charge in [0, 0.05) is 18.3 Å². The SMILES string of the molecule is C[C@@H](NC(=O)N1CCCC[C@@H]1c1cn[nH]c1)c1ccc(C#N)cc1. The van der Waals surface area contributed by atoms with Crippen molar-refractivity contribution in [1.29, 1.82) is 5.26 Å². The van der Waals surface area contributed by atoms with Gasteiger partial charge in [-0.05, 0) is 43.9 Å². The van der Waals surface area contributed by atoms with E-state index in [0.717, 1.165) is 36.9 Å². The van der Waals surface area contributed by atoms with Gasteiger partial charge in [-0.2, -0.15) is 10.4 Å². The van der Waals surface area contributed by atoms with Gasteiger partial charge in [0.25, 0.3) is 0 Å². The van der Waals surface area contributed by atoms with Gasteiger partial charge in [0.1, 0.15) is 0 Å². The van der Waals surface area contributed by atoms with E-state index in [2.05, 4.69) is 21.6 Å². The zero-order valence-corrected chi connectivity index (χ0v) is 13.7. The van der Waals surface area contributed by atoms with Crippen LogP contribution in [0.2, 0.25) is 0 Å². The fraction of sp³-hybridized carbons (Fsp3) is 0.389. The van der Waals surface area contributed by atoms with Crippen LogP contribution in [0, 0.1) is 11.3 Å². The third-order valence-electron chi connectivity index (χ3n) is 4.55. The number of amides is 2. The van der Waals surface area contributed by atoms with E-state index < -0.39 is 0 Å². The highest BCUT2D eigenvalue weighted by molar-refractivity contribution is 5.75. The van der Waals surface area contributed by atoms with Gasteiger partial charge in [0.05, 0.1) is 29.9 Å². The van der Waals surface area contributed by atoms with Crippen LogP contribution >= 0.6 is 0 Å². The van der Waals surface area contributed by atoms with Crippen LogP contribution in [0.1, 0.15) is 55.0 Å². The molecule has 2 N–H and O–H groups in total. The van der Waals surface area contributed by atoms with Crippen LogP contribution in [-0.2, 0) is 0 Å². The van der Waals surface area contributed by atoms with Crippen LogP contribution in [0.4, 0.5) is 4.79 Å². The molecule has 1 aromatic carbocycles. The zero-order valence-electron chi connectivity index (χ0n) is 13.7. The highest BCUT2D eigenvalue weighted by Gasteiger charge is 2.29. The normalized spacial score (nSPS) is 18.7. The number of nitrogens with zero attached hydrogens (tertiary/aromatic N) is 3. The summed E-state index contributed by atoms with van der Waals surface area (Å²) in [5.74, 6) is 0. The average Bonchev–Trinajstić information content (AvgIpc) is 3.16. The van der Waals surface area contributed by atoms with E-state index in [1.54, 1.807) is 18.3 Å². The van der Waals surface area contributed by atoms with Crippen molar-refractivity contribution in [3.8, 4) is 6.07 Å². The van der Waals surface area contributed by atoms with Crippen molar-refractivity contribution in [3.63, 3.8) is 0 Å².